The highest BCUT2D eigenvalue weighted by Crippen LogP contribution is 2.45. The van der Waals surface area contributed by atoms with Gasteiger partial charge in [-0.2, -0.15) is 0 Å². The fourth-order valence-corrected chi connectivity index (χ4v) is 5.43. The molecule has 0 saturated heterocycles. The van der Waals surface area contributed by atoms with Gasteiger partial charge in [0.05, 0.1) is 19.3 Å². The van der Waals surface area contributed by atoms with Crippen LogP contribution >= 0.6 is 0 Å². The highest BCUT2D eigenvalue weighted by molar-refractivity contribution is 5.79. The molecule has 1 N–H and O–H groups in total. The lowest BCUT2D eigenvalue weighted by Crippen LogP contribution is -2.41. The summed E-state index contributed by atoms with van der Waals surface area (Å²) in [5.41, 5.74) is 7.21. The minimum atomic E-state index is -0.437. The van der Waals surface area contributed by atoms with Gasteiger partial charge in [0.15, 0.2) is 0 Å². The number of nitrogens with zero attached hydrogens (tertiary/aromatic N) is 1. The van der Waals surface area contributed by atoms with Crippen LogP contribution in [0.15, 0.2) is 60.7 Å². The molecule has 0 spiro atoms. The van der Waals surface area contributed by atoms with E-state index in [0.29, 0.717) is 30.9 Å². The monoisotopic (exact) mass is 471 g/mol. The molecule has 1 amide bonds. The van der Waals surface area contributed by atoms with E-state index >= 15 is 0 Å². The van der Waals surface area contributed by atoms with Gasteiger partial charge in [-0.25, -0.2) is 4.79 Å². The van der Waals surface area contributed by atoms with E-state index in [9.17, 15) is 14.7 Å². The molecule has 1 atom stereocenters. The highest BCUT2D eigenvalue weighted by Gasteiger charge is 2.34. The van der Waals surface area contributed by atoms with Crippen LogP contribution in [0.4, 0.5) is 4.79 Å². The van der Waals surface area contributed by atoms with Gasteiger partial charge in [0.25, 0.3) is 0 Å². The third kappa shape index (κ3) is 4.19. The topological polar surface area (TPSA) is 76.1 Å². The Morgan fingerprint density at radius 2 is 1.74 bits per heavy atom. The molecule has 6 nitrogen and oxygen atoms in total. The quantitative estimate of drug-likeness (QED) is 0.490. The molecule has 0 saturated carbocycles. The summed E-state index contributed by atoms with van der Waals surface area (Å²) in [6.07, 6.45) is 1.19. The number of benzene rings is 3. The maximum Gasteiger partial charge on any atom is 0.410 e. The minimum absolute atomic E-state index is 0.0253. The normalized spacial score (nSPS) is 16.3. The standard InChI is InChI=1S/C29H29NO5/c1-2-34-28-16-19-11-13-30(27(12-14-31)25(19)15-20(28)17-32)29(33)35-18-26-23-9-5-3-7-21(23)22-8-4-6-10-24(22)26/h3-10,14-16,26-27,32H,2,11-13,17-18H2,1H3. The van der Waals surface area contributed by atoms with Crippen molar-refractivity contribution in [2.24, 2.45) is 0 Å². The zero-order valence-electron chi connectivity index (χ0n) is 19.8. The largest absolute Gasteiger partial charge is 0.493 e. The lowest BCUT2D eigenvalue weighted by molar-refractivity contribution is -0.108. The lowest BCUT2D eigenvalue weighted by Gasteiger charge is -2.36. The first-order chi connectivity index (χ1) is 17.2. The van der Waals surface area contributed by atoms with Gasteiger partial charge in [-0.05, 0) is 58.9 Å². The Bertz CT molecular complexity index is 1210. The average molecular weight is 472 g/mol. The number of aliphatic hydroxyl groups is 1. The molecular formula is C29H29NO5. The Balaban J connectivity index is 1.38. The fourth-order valence-electron chi connectivity index (χ4n) is 5.43. The van der Waals surface area contributed by atoms with E-state index in [4.69, 9.17) is 9.47 Å². The Morgan fingerprint density at radius 1 is 1.06 bits per heavy atom. The van der Waals surface area contributed by atoms with Gasteiger partial charge in [0.2, 0.25) is 0 Å². The molecule has 1 heterocycles. The Kier molecular flexibility index (Phi) is 6.55. The molecule has 6 heteroatoms. The number of hydrogen-bond acceptors (Lipinski definition) is 5. The Morgan fingerprint density at radius 3 is 2.37 bits per heavy atom. The van der Waals surface area contributed by atoms with Crippen LogP contribution in [-0.4, -0.2) is 42.1 Å². The second kappa shape index (κ2) is 9.92. The van der Waals surface area contributed by atoms with Crippen LogP contribution < -0.4 is 4.74 Å². The van der Waals surface area contributed by atoms with Crippen molar-refractivity contribution < 1.29 is 24.2 Å². The molecule has 0 aromatic heterocycles. The van der Waals surface area contributed by atoms with Gasteiger partial charge in [0.1, 0.15) is 18.6 Å². The SMILES string of the molecule is CCOc1cc2c(cc1CO)C(CC=O)N(C(=O)OCC1c3ccccc3-c3ccccc31)CC2. The van der Waals surface area contributed by atoms with E-state index in [2.05, 4.69) is 24.3 Å². The van der Waals surface area contributed by atoms with Gasteiger partial charge in [0, 0.05) is 24.4 Å². The van der Waals surface area contributed by atoms with E-state index in [0.717, 1.165) is 28.5 Å². The molecule has 1 unspecified atom stereocenters. The summed E-state index contributed by atoms with van der Waals surface area (Å²) in [5, 5.41) is 9.85. The fraction of sp³-hybridized carbons (Fsp3) is 0.310. The van der Waals surface area contributed by atoms with Crippen molar-refractivity contribution in [3.05, 3.63) is 88.5 Å². The second-order valence-corrected chi connectivity index (χ2v) is 8.92. The number of ether oxygens (including phenoxy) is 2. The summed E-state index contributed by atoms with van der Waals surface area (Å²) in [6, 6.07) is 19.8. The number of aldehydes is 1. The number of aliphatic hydroxyl groups excluding tert-OH is 1. The lowest BCUT2D eigenvalue weighted by atomic mass is 9.89. The molecule has 0 bridgehead atoms. The molecule has 35 heavy (non-hydrogen) atoms. The second-order valence-electron chi connectivity index (χ2n) is 8.92. The summed E-state index contributed by atoms with van der Waals surface area (Å²) < 4.78 is 11.6. The van der Waals surface area contributed by atoms with Crippen molar-refractivity contribution in [1.29, 1.82) is 0 Å². The summed E-state index contributed by atoms with van der Waals surface area (Å²) >= 11 is 0. The van der Waals surface area contributed by atoms with Crippen LogP contribution in [-0.2, 0) is 22.6 Å². The van der Waals surface area contributed by atoms with Crippen molar-refractivity contribution in [2.45, 2.75) is 38.3 Å². The third-order valence-corrected chi connectivity index (χ3v) is 7.04. The molecule has 5 rings (SSSR count). The van der Waals surface area contributed by atoms with Crippen molar-refractivity contribution >= 4 is 12.4 Å². The number of amides is 1. The number of hydrogen-bond donors (Lipinski definition) is 1. The number of carbonyl (C=O) groups excluding carboxylic acids is 2. The highest BCUT2D eigenvalue weighted by atomic mass is 16.6. The van der Waals surface area contributed by atoms with Crippen molar-refractivity contribution in [1.82, 2.24) is 4.90 Å². The zero-order chi connectivity index (χ0) is 24.4. The van der Waals surface area contributed by atoms with Crippen LogP contribution in [0.5, 0.6) is 5.75 Å². The zero-order valence-corrected chi connectivity index (χ0v) is 19.8. The number of fused-ring (bicyclic) bond motifs is 4. The Hall–Kier alpha value is -3.64. The van der Waals surface area contributed by atoms with E-state index in [1.807, 2.05) is 43.3 Å². The molecule has 2 aliphatic rings. The molecular weight excluding hydrogens is 442 g/mol. The number of carbonyl (C=O) groups is 2. The Labute approximate surface area is 205 Å². The van der Waals surface area contributed by atoms with E-state index in [-0.39, 0.29) is 25.6 Å². The van der Waals surface area contributed by atoms with E-state index in [1.54, 1.807) is 4.90 Å². The summed E-state index contributed by atoms with van der Waals surface area (Å²) in [6.45, 7) is 2.90. The molecule has 180 valence electrons. The summed E-state index contributed by atoms with van der Waals surface area (Å²) in [5.74, 6) is 0.621. The molecule has 1 aliphatic carbocycles. The maximum absolute atomic E-state index is 13.3. The summed E-state index contributed by atoms with van der Waals surface area (Å²) in [4.78, 5) is 26.5. The third-order valence-electron chi connectivity index (χ3n) is 7.04. The predicted octanol–water partition coefficient (Wildman–Crippen LogP) is 5.01. The van der Waals surface area contributed by atoms with Crippen molar-refractivity contribution in [2.75, 3.05) is 19.8 Å². The molecule has 1 aliphatic heterocycles. The molecule has 3 aromatic rings. The van der Waals surface area contributed by atoms with Crippen molar-refractivity contribution in [3.63, 3.8) is 0 Å². The molecule has 3 aromatic carbocycles. The van der Waals surface area contributed by atoms with Crippen LogP contribution in [0.2, 0.25) is 0 Å². The van der Waals surface area contributed by atoms with Crippen LogP contribution in [0.3, 0.4) is 0 Å². The first-order valence-corrected chi connectivity index (χ1v) is 12.1. The molecule has 0 radical (unpaired) electrons. The van der Waals surface area contributed by atoms with Crippen LogP contribution in [0.1, 0.15) is 53.1 Å². The van der Waals surface area contributed by atoms with E-state index < -0.39 is 12.1 Å². The minimum Gasteiger partial charge on any atom is -0.493 e. The van der Waals surface area contributed by atoms with Gasteiger partial charge in [-0.3, -0.25) is 0 Å². The van der Waals surface area contributed by atoms with Gasteiger partial charge >= 0.3 is 6.09 Å². The van der Waals surface area contributed by atoms with Crippen LogP contribution in [0.25, 0.3) is 11.1 Å². The van der Waals surface area contributed by atoms with Crippen LogP contribution in [0, 0.1) is 0 Å². The maximum atomic E-state index is 13.3. The smallest absolute Gasteiger partial charge is 0.410 e. The average Bonchev–Trinajstić information content (AvgIpc) is 3.21. The summed E-state index contributed by atoms with van der Waals surface area (Å²) in [7, 11) is 0. The first kappa shape index (κ1) is 23.1. The van der Waals surface area contributed by atoms with Crippen molar-refractivity contribution in [3.8, 4) is 16.9 Å². The van der Waals surface area contributed by atoms with Gasteiger partial charge < -0.3 is 24.3 Å². The predicted molar refractivity (Wildman–Crippen MR) is 132 cm³/mol. The van der Waals surface area contributed by atoms with Gasteiger partial charge in [-0.1, -0.05) is 48.5 Å². The van der Waals surface area contributed by atoms with Gasteiger partial charge in [-0.15, -0.1) is 0 Å². The number of rotatable bonds is 7. The first-order valence-electron chi connectivity index (χ1n) is 12.1. The van der Waals surface area contributed by atoms with E-state index in [1.165, 1.54) is 11.1 Å². The molecule has 0 fully saturated rings.